The van der Waals surface area contributed by atoms with E-state index in [0.717, 1.165) is 5.56 Å². The zero-order valence-corrected chi connectivity index (χ0v) is 9.25. The van der Waals surface area contributed by atoms with Gasteiger partial charge in [-0.25, -0.2) is 4.79 Å². The lowest BCUT2D eigenvalue weighted by Gasteiger charge is -1.95. The Hall–Kier alpha value is -2.17. The van der Waals surface area contributed by atoms with Gasteiger partial charge in [-0.2, -0.15) is 0 Å². The van der Waals surface area contributed by atoms with E-state index in [-0.39, 0.29) is 17.8 Å². The molecule has 0 bridgehead atoms. The van der Waals surface area contributed by atoms with Crippen LogP contribution in [-0.2, 0) is 9.53 Å². The van der Waals surface area contributed by atoms with Gasteiger partial charge in [0, 0.05) is 24.1 Å². The molecule has 5 heteroatoms. The molecule has 5 nitrogen and oxygen atoms in total. The van der Waals surface area contributed by atoms with Crippen LogP contribution in [0, 0.1) is 10.1 Å². The lowest BCUT2D eigenvalue weighted by molar-refractivity contribution is -0.384. The first-order chi connectivity index (χ1) is 8.06. The third-order valence-electron chi connectivity index (χ3n) is 2.52. The second-order valence-corrected chi connectivity index (χ2v) is 3.94. The number of nitro groups is 1. The molecular weight excluding hydrogens is 222 g/mol. The van der Waals surface area contributed by atoms with Crippen LogP contribution in [0.3, 0.4) is 0 Å². The summed E-state index contributed by atoms with van der Waals surface area (Å²) in [6, 6.07) is 6.05. The summed E-state index contributed by atoms with van der Waals surface area (Å²) in [4.78, 5) is 21.4. The summed E-state index contributed by atoms with van der Waals surface area (Å²) in [6.07, 6.45) is 2.19. The molecule has 0 saturated carbocycles. The number of carbonyl (C=O) groups excluding carboxylic acids is 1. The van der Waals surface area contributed by atoms with Crippen LogP contribution >= 0.6 is 0 Å². The fraction of sp³-hybridized carbons (Fsp3) is 0.250. The lowest BCUT2D eigenvalue weighted by atomic mass is 10.1. The van der Waals surface area contributed by atoms with Gasteiger partial charge in [0.1, 0.15) is 6.10 Å². The zero-order valence-electron chi connectivity index (χ0n) is 9.25. The predicted octanol–water partition coefficient (Wildman–Crippen LogP) is 2.31. The van der Waals surface area contributed by atoms with Crippen molar-refractivity contribution in [2.45, 2.75) is 19.4 Å². The minimum absolute atomic E-state index is 0.0366. The molecule has 0 N–H and O–H groups in total. The van der Waals surface area contributed by atoms with Crippen molar-refractivity contribution < 1.29 is 14.5 Å². The number of hydrogen-bond acceptors (Lipinski definition) is 4. The number of rotatable bonds is 2. The van der Waals surface area contributed by atoms with E-state index in [1.54, 1.807) is 18.2 Å². The van der Waals surface area contributed by atoms with Crippen LogP contribution in [0.2, 0.25) is 0 Å². The number of ether oxygens (including phenoxy) is 1. The Morgan fingerprint density at radius 1 is 1.41 bits per heavy atom. The van der Waals surface area contributed by atoms with Crippen LogP contribution in [0.15, 0.2) is 29.8 Å². The summed E-state index contributed by atoms with van der Waals surface area (Å²) < 4.78 is 4.99. The molecule has 88 valence electrons. The highest BCUT2D eigenvalue weighted by Crippen LogP contribution is 2.23. The molecule has 0 radical (unpaired) electrons. The molecule has 0 aromatic heterocycles. The van der Waals surface area contributed by atoms with E-state index in [1.165, 1.54) is 12.1 Å². The molecule has 0 amide bonds. The summed E-state index contributed by atoms with van der Waals surface area (Å²) in [5.41, 5.74) is 1.40. The summed E-state index contributed by atoms with van der Waals surface area (Å²) >= 11 is 0. The second-order valence-electron chi connectivity index (χ2n) is 3.94. The van der Waals surface area contributed by atoms with Crippen LogP contribution in [-0.4, -0.2) is 17.0 Å². The molecule has 0 spiro atoms. The maximum absolute atomic E-state index is 11.4. The maximum Gasteiger partial charge on any atom is 0.334 e. The Morgan fingerprint density at radius 3 is 2.53 bits per heavy atom. The number of non-ortho nitro benzene ring substituents is 1. The van der Waals surface area contributed by atoms with Crippen molar-refractivity contribution in [2.24, 2.45) is 0 Å². The average molecular weight is 233 g/mol. The molecule has 1 fully saturated rings. The summed E-state index contributed by atoms with van der Waals surface area (Å²) in [5.74, 6) is -0.309. The summed E-state index contributed by atoms with van der Waals surface area (Å²) in [7, 11) is 0. The smallest absolute Gasteiger partial charge is 0.334 e. The number of nitrogens with zero attached hydrogens (tertiary/aromatic N) is 1. The number of esters is 1. The highest BCUT2D eigenvalue weighted by molar-refractivity contribution is 5.95. The van der Waals surface area contributed by atoms with Crippen LogP contribution in [0.25, 0.3) is 6.08 Å². The van der Waals surface area contributed by atoms with Crippen molar-refractivity contribution in [1.82, 2.24) is 0 Å². The van der Waals surface area contributed by atoms with Crippen molar-refractivity contribution in [3.63, 3.8) is 0 Å². The first-order valence-corrected chi connectivity index (χ1v) is 5.22. The Labute approximate surface area is 97.9 Å². The fourth-order valence-corrected chi connectivity index (χ4v) is 1.70. The normalized spacial score (nSPS) is 21.6. The molecule has 17 heavy (non-hydrogen) atoms. The number of nitro benzene ring substituents is 1. The second kappa shape index (κ2) is 4.37. The van der Waals surface area contributed by atoms with Gasteiger partial charge in [-0.3, -0.25) is 10.1 Å². The molecule has 1 aromatic carbocycles. The van der Waals surface area contributed by atoms with Crippen LogP contribution in [0.1, 0.15) is 18.9 Å². The maximum atomic E-state index is 11.4. The van der Waals surface area contributed by atoms with Gasteiger partial charge >= 0.3 is 5.97 Å². The van der Waals surface area contributed by atoms with E-state index in [2.05, 4.69) is 0 Å². The molecule has 1 atom stereocenters. The van der Waals surface area contributed by atoms with Crippen LogP contribution < -0.4 is 0 Å². The van der Waals surface area contributed by atoms with Gasteiger partial charge in [0.15, 0.2) is 0 Å². The molecule has 1 aromatic rings. The topological polar surface area (TPSA) is 69.4 Å². The van der Waals surface area contributed by atoms with E-state index < -0.39 is 4.92 Å². The van der Waals surface area contributed by atoms with Crippen molar-refractivity contribution in [2.75, 3.05) is 0 Å². The number of cyclic esters (lactones) is 1. The molecule has 1 aliphatic rings. The molecule has 1 saturated heterocycles. The number of benzene rings is 1. The standard InChI is InChI=1S/C12H11NO4/c1-8-6-10(12(14)17-8)7-9-2-4-11(5-3-9)13(15)16/h2-5,7-8H,6H2,1H3/b10-7+. The van der Waals surface area contributed by atoms with Crippen molar-refractivity contribution >= 4 is 17.7 Å². The van der Waals surface area contributed by atoms with Crippen LogP contribution in [0.4, 0.5) is 5.69 Å². The van der Waals surface area contributed by atoms with E-state index in [9.17, 15) is 14.9 Å². The quantitative estimate of drug-likeness (QED) is 0.340. The Bertz CT molecular complexity index is 490. The zero-order chi connectivity index (χ0) is 12.4. The first kappa shape index (κ1) is 11.3. The van der Waals surface area contributed by atoms with Gasteiger partial charge in [0.2, 0.25) is 0 Å². The predicted molar refractivity (Wildman–Crippen MR) is 61.2 cm³/mol. The average Bonchev–Trinajstić information content (AvgIpc) is 2.58. The molecular formula is C12H11NO4. The highest BCUT2D eigenvalue weighted by Gasteiger charge is 2.25. The minimum atomic E-state index is -0.456. The van der Waals surface area contributed by atoms with Gasteiger partial charge < -0.3 is 4.74 Å². The van der Waals surface area contributed by atoms with E-state index >= 15 is 0 Å². The third kappa shape index (κ3) is 2.50. The van der Waals surface area contributed by atoms with E-state index in [4.69, 9.17) is 4.74 Å². The fourth-order valence-electron chi connectivity index (χ4n) is 1.70. The van der Waals surface area contributed by atoms with E-state index in [1.807, 2.05) is 6.92 Å². The Balaban J connectivity index is 2.21. The molecule has 1 heterocycles. The first-order valence-electron chi connectivity index (χ1n) is 5.22. The number of hydrogen-bond donors (Lipinski definition) is 0. The molecule has 2 rings (SSSR count). The van der Waals surface area contributed by atoms with Crippen molar-refractivity contribution in [3.05, 3.63) is 45.5 Å². The summed E-state index contributed by atoms with van der Waals surface area (Å²) in [6.45, 7) is 1.83. The van der Waals surface area contributed by atoms with Gasteiger partial charge in [-0.15, -0.1) is 0 Å². The SMILES string of the molecule is CC1C/C(=C\c2ccc([N+](=O)[O-])cc2)C(=O)O1. The monoisotopic (exact) mass is 233 g/mol. The van der Waals surface area contributed by atoms with Gasteiger partial charge in [0.05, 0.1) is 4.92 Å². The Morgan fingerprint density at radius 2 is 2.06 bits per heavy atom. The van der Waals surface area contributed by atoms with Crippen molar-refractivity contribution in [3.8, 4) is 0 Å². The van der Waals surface area contributed by atoms with Gasteiger partial charge in [-0.05, 0) is 30.7 Å². The molecule has 1 aliphatic heterocycles. The third-order valence-corrected chi connectivity index (χ3v) is 2.52. The highest BCUT2D eigenvalue weighted by atomic mass is 16.6. The largest absolute Gasteiger partial charge is 0.459 e. The van der Waals surface area contributed by atoms with Crippen molar-refractivity contribution in [1.29, 1.82) is 0 Å². The lowest BCUT2D eigenvalue weighted by Crippen LogP contribution is -1.99. The minimum Gasteiger partial charge on any atom is -0.459 e. The van der Waals surface area contributed by atoms with Gasteiger partial charge in [0.25, 0.3) is 5.69 Å². The van der Waals surface area contributed by atoms with E-state index in [0.29, 0.717) is 12.0 Å². The number of carbonyl (C=O) groups is 1. The van der Waals surface area contributed by atoms with Crippen LogP contribution in [0.5, 0.6) is 0 Å². The molecule has 0 aliphatic carbocycles. The molecule has 1 unspecified atom stereocenters. The Kier molecular flexibility index (Phi) is 2.91. The van der Waals surface area contributed by atoms with Gasteiger partial charge in [-0.1, -0.05) is 0 Å². The summed E-state index contributed by atoms with van der Waals surface area (Å²) in [5, 5.41) is 10.5.